The maximum atomic E-state index is 9.55. The number of piperazine rings is 1. The Labute approximate surface area is 240 Å². The Morgan fingerprint density at radius 3 is 1.86 bits per heavy atom. The van der Waals surface area contributed by atoms with Gasteiger partial charge in [0.05, 0.1) is 5.52 Å². The first kappa shape index (κ1) is 31.0. The summed E-state index contributed by atoms with van der Waals surface area (Å²) in [6.07, 6.45) is 4.39. The fourth-order valence-electron chi connectivity index (χ4n) is 4.15. The third-order valence-electron chi connectivity index (χ3n) is 6.09. The number of para-hydroxylation sites is 2. The molecule has 1 saturated heterocycles. The molecule has 0 bridgehead atoms. The van der Waals surface area contributed by atoms with Crippen LogP contribution in [0.5, 0.6) is 0 Å². The molecule has 2 aromatic carbocycles. The van der Waals surface area contributed by atoms with Crippen molar-refractivity contribution in [1.82, 2.24) is 14.9 Å². The second-order valence-electron chi connectivity index (χ2n) is 9.00. The van der Waals surface area contributed by atoms with Crippen LogP contribution in [0.2, 0.25) is 0 Å². The number of benzene rings is 2. The molecule has 12 nitrogen and oxygen atoms in total. The number of rotatable bonds is 7. The van der Waals surface area contributed by atoms with E-state index in [-0.39, 0.29) is 0 Å². The van der Waals surface area contributed by atoms with Gasteiger partial charge in [0.2, 0.25) is 0 Å². The number of carbonyl (C=O) groups is 4. The van der Waals surface area contributed by atoms with Gasteiger partial charge in [0.25, 0.3) is 0 Å². The summed E-state index contributed by atoms with van der Waals surface area (Å²) in [5.41, 5.74) is 3.69. The Morgan fingerprint density at radius 2 is 1.26 bits per heavy atom. The number of hydrogen-bond acceptors (Lipinski definition) is 7. The van der Waals surface area contributed by atoms with Crippen LogP contribution in [0, 0.1) is 0 Å². The highest BCUT2D eigenvalue weighted by atomic mass is 16.4. The molecule has 2 aromatic heterocycles. The topological polar surface area (TPSA) is 184 Å². The van der Waals surface area contributed by atoms with Crippen molar-refractivity contribution < 1.29 is 39.6 Å². The first-order valence-electron chi connectivity index (χ1n) is 12.8. The zero-order valence-corrected chi connectivity index (χ0v) is 22.5. The summed E-state index contributed by atoms with van der Waals surface area (Å²) in [5.74, 6) is -3.94. The molecule has 0 saturated carbocycles. The summed E-state index contributed by atoms with van der Waals surface area (Å²) >= 11 is 0. The SMILES string of the molecule is O=C(O)/C=C/C(=O)O.O=C(O)/C=C/C(=O)O.c1ccc2nc(N3CCN(Cc4c[nH]c5ccccc45)CC3)ccc2c1. The highest BCUT2D eigenvalue weighted by molar-refractivity contribution is 5.90. The van der Waals surface area contributed by atoms with Gasteiger partial charge in [-0.25, -0.2) is 24.2 Å². The number of nitrogens with one attached hydrogen (secondary N) is 1. The van der Waals surface area contributed by atoms with Crippen molar-refractivity contribution in [3.63, 3.8) is 0 Å². The average molecular weight is 575 g/mol. The van der Waals surface area contributed by atoms with E-state index in [2.05, 4.69) is 81.6 Å². The lowest BCUT2D eigenvalue weighted by atomic mass is 10.1. The van der Waals surface area contributed by atoms with Gasteiger partial charge < -0.3 is 30.3 Å². The molecule has 5 rings (SSSR count). The van der Waals surface area contributed by atoms with Crippen LogP contribution >= 0.6 is 0 Å². The number of fused-ring (bicyclic) bond motifs is 2. The fourth-order valence-corrected chi connectivity index (χ4v) is 4.15. The molecular formula is C30H30N4O8. The van der Waals surface area contributed by atoms with Crippen LogP contribution in [0.25, 0.3) is 21.8 Å². The van der Waals surface area contributed by atoms with Crippen LogP contribution in [0.3, 0.4) is 0 Å². The summed E-state index contributed by atoms with van der Waals surface area (Å²) in [4.78, 5) is 51.4. The first-order chi connectivity index (χ1) is 20.1. The van der Waals surface area contributed by atoms with Crippen LogP contribution in [0.4, 0.5) is 5.82 Å². The van der Waals surface area contributed by atoms with Crippen molar-refractivity contribution >= 4 is 51.5 Å². The van der Waals surface area contributed by atoms with Crippen molar-refractivity contribution in [3.8, 4) is 0 Å². The van der Waals surface area contributed by atoms with Crippen molar-refractivity contribution in [3.05, 3.63) is 96.7 Å². The van der Waals surface area contributed by atoms with Crippen molar-refractivity contribution in [1.29, 1.82) is 0 Å². The van der Waals surface area contributed by atoms with Gasteiger partial charge in [-0.15, -0.1) is 0 Å². The quantitative estimate of drug-likeness (QED) is 0.204. The molecule has 0 unspecified atom stereocenters. The fraction of sp³-hybridized carbons (Fsp3) is 0.167. The van der Waals surface area contributed by atoms with Crippen molar-refractivity contribution in [2.75, 3.05) is 31.1 Å². The molecule has 218 valence electrons. The maximum absolute atomic E-state index is 9.55. The molecule has 4 aromatic rings. The molecule has 5 N–H and O–H groups in total. The van der Waals surface area contributed by atoms with Gasteiger partial charge in [-0.05, 0) is 29.8 Å². The largest absolute Gasteiger partial charge is 0.478 e. The molecule has 1 aliphatic rings. The van der Waals surface area contributed by atoms with Gasteiger partial charge in [0.15, 0.2) is 0 Å². The Kier molecular flexibility index (Phi) is 11.3. The number of aliphatic carboxylic acids is 4. The van der Waals surface area contributed by atoms with Crippen molar-refractivity contribution in [2.24, 2.45) is 0 Å². The van der Waals surface area contributed by atoms with Crippen LogP contribution < -0.4 is 4.90 Å². The molecule has 0 radical (unpaired) electrons. The molecule has 0 amide bonds. The maximum Gasteiger partial charge on any atom is 0.328 e. The molecule has 1 aliphatic heterocycles. The highest BCUT2D eigenvalue weighted by Gasteiger charge is 2.19. The highest BCUT2D eigenvalue weighted by Crippen LogP contribution is 2.22. The summed E-state index contributed by atoms with van der Waals surface area (Å²) in [5, 5.41) is 33.8. The zero-order chi connectivity index (χ0) is 30.5. The van der Waals surface area contributed by atoms with Gasteiger partial charge >= 0.3 is 23.9 Å². The Bertz CT molecular complexity index is 1540. The number of H-pyrrole nitrogens is 1. The second-order valence-corrected chi connectivity index (χ2v) is 9.00. The van der Waals surface area contributed by atoms with Gasteiger partial charge in [-0.1, -0.05) is 36.4 Å². The number of carboxylic acid groups (broad SMARTS) is 4. The van der Waals surface area contributed by atoms with E-state index in [0.717, 1.165) is 44.1 Å². The molecule has 0 aliphatic carbocycles. The summed E-state index contributed by atoms with van der Waals surface area (Å²) < 4.78 is 0. The van der Waals surface area contributed by atoms with Gasteiger partial charge in [-0.2, -0.15) is 0 Å². The van der Waals surface area contributed by atoms with E-state index in [1.807, 2.05) is 0 Å². The number of pyridine rings is 1. The third kappa shape index (κ3) is 9.92. The Morgan fingerprint density at radius 1 is 0.714 bits per heavy atom. The van der Waals surface area contributed by atoms with Crippen LogP contribution in [-0.2, 0) is 25.7 Å². The van der Waals surface area contributed by atoms with E-state index in [4.69, 9.17) is 25.4 Å². The number of anilines is 1. The zero-order valence-electron chi connectivity index (χ0n) is 22.5. The normalized spacial score (nSPS) is 13.4. The number of carboxylic acids is 4. The smallest absolute Gasteiger partial charge is 0.328 e. The number of nitrogens with zero attached hydrogens (tertiary/aromatic N) is 3. The van der Waals surface area contributed by atoms with Crippen LogP contribution in [-0.4, -0.2) is 85.4 Å². The predicted octanol–water partition coefficient (Wildman–Crippen LogP) is 3.46. The Hall–Kier alpha value is -5.49. The van der Waals surface area contributed by atoms with E-state index in [1.54, 1.807) is 0 Å². The number of hydrogen-bond donors (Lipinski definition) is 5. The number of aromatic nitrogens is 2. The van der Waals surface area contributed by atoms with E-state index >= 15 is 0 Å². The standard InChI is InChI=1S/C22H22N4.2C4H4O4/c1-3-7-20-17(5-1)9-10-22(24-20)26-13-11-25(12-14-26)16-18-15-23-21-8-4-2-6-19(18)21;2*5-3(6)1-2-4(7)8/h1-10,15,23H,11-14,16H2;2*1-2H,(H,5,6)(H,7,8)/b;2*2-1+. The minimum absolute atomic E-state index is 0.558. The van der Waals surface area contributed by atoms with E-state index < -0.39 is 23.9 Å². The Balaban J connectivity index is 0.000000252. The third-order valence-corrected chi connectivity index (χ3v) is 6.09. The molecule has 1 fully saturated rings. The van der Waals surface area contributed by atoms with E-state index in [0.29, 0.717) is 24.3 Å². The van der Waals surface area contributed by atoms with E-state index in [1.165, 1.54) is 21.9 Å². The monoisotopic (exact) mass is 574 g/mol. The van der Waals surface area contributed by atoms with Crippen LogP contribution in [0.1, 0.15) is 5.56 Å². The van der Waals surface area contributed by atoms with Crippen molar-refractivity contribution in [2.45, 2.75) is 6.54 Å². The lowest BCUT2D eigenvalue weighted by molar-refractivity contribution is -0.134. The molecule has 42 heavy (non-hydrogen) atoms. The predicted molar refractivity (Wildman–Crippen MR) is 156 cm³/mol. The summed E-state index contributed by atoms with van der Waals surface area (Å²) in [7, 11) is 0. The molecule has 12 heteroatoms. The first-order valence-corrected chi connectivity index (χ1v) is 12.8. The minimum Gasteiger partial charge on any atom is -0.478 e. The average Bonchev–Trinajstić information content (AvgIpc) is 3.38. The molecular weight excluding hydrogens is 544 g/mol. The van der Waals surface area contributed by atoms with E-state index in [9.17, 15) is 19.2 Å². The number of aromatic amines is 1. The second kappa shape index (κ2) is 15.3. The summed E-state index contributed by atoms with van der Waals surface area (Å²) in [6.45, 7) is 5.17. The van der Waals surface area contributed by atoms with Gasteiger partial charge in [0.1, 0.15) is 5.82 Å². The minimum atomic E-state index is -1.26. The molecule has 0 spiro atoms. The molecule has 3 heterocycles. The lowest BCUT2D eigenvalue weighted by Gasteiger charge is -2.35. The van der Waals surface area contributed by atoms with Gasteiger partial charge in [-0.3, -0.25) is 4.90 Å². The van der Waals surface area contributed by atoms with Gasteiger partial charge in [0, 0.05) is 79.5 Å². The van der Waals surface area contributed by atoms with Crippen LogP contribution in [0.15, 0.2) is 91.2 Å². The lowest BCUT2D eigenvalue weighted by Crippen LogP contribution is -2.46. The molecule has 0 atom stereocenters. The summed E-state index contributed by atoms with van der Waals surface area (Å²) in [6, 6.07) is 21.2.